The molecule has 0 fully saturated rings. The van der Waals surface area contributed by atoms with Crippen LogP contribution in [0.1, 0.15) is 21.7 Å². The largest absolute Gasteiger partial charge is 0.464 e. The van der Waals surface area contributed by atoms with Gasteiger partial charge in [-0.1, -0.05) is 48.5 Å². The van der Waals surface area contributed by atoms with E-state index in [-0.39, 0.29) is 18.1 Å². The van der Waals surface area contributed by atoms with E-state index in [1.165, 1.54) is 0 Å². The van der Waals surface area contributed by atoms with E-state index in [2.05, 4.69) is 10.9 Å². The second-order valence-electron chi connectivity index (χ2n) is 7.15. The van der Waals surface area contributed by atoms with E-state index in [4.69, 9.17) is 8.83 Å². The summed E-state index contributed by atoms with van der Waals surface area (Å²) in [6, 6.07) is 19.2. The van der Waals surface area contributed by atoms with Gasteiger partial charge in [0.15, 0.2) is 5.76 Å². The van der Waals surface area contributed by atoms with Gasteiger partial charge >= 0.3 is 5.91 Å². The molecule has 2 heterocycles. The van der Waals surface area contributed by atoms with Crippen LogP contribution in [0.2, 0.25) is 0 Å². The van der Waals surface area contributed by atoms with Crippen LogP contribution in [0.4, 0.5) is 0 Å². The number of hydrogen-bond donors (Lipinski definition) is 2. The minimum atomic E-state index is -0.500. The molecule has 6 nitrogen and oxygen atoms in total. The van der Waals surface area contributed by atoms with Crippen molar-refractivity contribution < 1.29 is 18.4 Å². The minimum Gasteiger partial charge on any atom is -0.464 e. The van der Waals surface area contributed by atoms with Crippen LogP contribution in [-0.4, -0.2) is 11.8 Å². The maximum Gasteiger partial charge on any atom is 0.305 e. The Hall–Kier alpha value is -4.06. The summed E-state index contributed by atoms with van der Waals surface area (Å²) in [5.74, 6) is -0.677. The van der Waals surface area contributed by atoms with Gasteiger partial charge in [0.1, 0.15) is 11.2 Å². The van der Waals surface area contributed by atoms with Crippen LogP contribution in [0.3, 0.4) is 0 Å². The Bertz CT molecular complexity index is 1430. The number of furan rings is 2. The number of rotatable bonds is 3. The zero-order valence-corrected chi connectivity index (χ0v) is 16.2. The Morgan fingerprint density at radius 2 is 1.63 bits per heavy atom. The average Bonchev–Trinajstić information content (AvgIpc) is 3.33. The summed E-state index contributed by atoms with van der Waals surface area (Å²) in [4.78, 5) is 25.0. The molecule has 2 aromatic heterocycles. The molecule has 2 amide bonds. The third kappa shape index (κ3) is 2.99. The lowest BCUT2D eigenvalue weighted by Crippen LogP contribution is -2.42. The fourth-order valence-electron chi connectivity index (χ4n) is 3.80. The maximum atomic E-state index is 12.5. The molecule has 0 aliphatic rings. The SMILES string of the molecule is Cc1c(C(=O)NNC(=O)Cc2coc3ccc4ccccc4c23)oc2ccccc12. The molecule has 0 saturated carbocycles. The molecule has 0 aliphatic carbocycles. The number of hydrazine groups is 1. The number of fused-ring (bicyclic) bond motifs is 4. The number of hydrogen-bond acceptors (Lipinski definition) is 4. The molecule has 0 aliphatic heterocycles. The molecular weight excluding hydrogens is 380 g/mol. The molecule has 0 unspecified atom stereocenters. The molecule has 0 radical (unpaired) electrons. The van der Waals surface area contributed by atoms with Gasteiger partial charge in [-0.05, 0) is 29.8 Å². The highest BCUT2D eigenvalue weighted by Gasteiger charge is 2.18. The summed E-state index contributed by atoms with van der Waals surface area (Å²) >= 11 is 0. The van der Waals surface area contributed by atoms with Gasteiger partial charge < -0.3 is 8.83 Å². The first-order valence-electron chi connectivity index (χ1n) is 9.57. The van der Waals surface area contributed by atoms with Crippen molar-refractivity contribution >= 4 is 44.5 Å². The predicted molar refractivity (Wildman–Crippen MR) is 114 cm³/mol. The Morgan fingerprint density at radius 1 is 0.867 bits per heavy atom. The minimum absolute atomic E-state index is 0.0698. The molecule has 0 spiro atoms. The normalized spacial score (nSPS) is 11.2. The molecule has 6 heteroatoms. The van der Waals surface area contributed by atoms with Crippen LogP contribution in [0, 0.1) is 6.92 Å². The highest BCUT2D eigenvalue weighted by Crippen LogP contribution is 2.30. The van der Waals surface area contributed by atoms with E-state index in [0.29, 0.717) is 5.58 Å². The molecule has 0 bridgehead atoms. The molecule has 0 saturated heterocycles. The highest BCUT2D eigenvalue weighted by atomic mass is 16.3. The first-order chi connectivity index (χ1) is 14.6. The average molecular weight is 398 g/mol. The number of carbonyl (C=O) groups is 2. The summed E-state index contributed by atoms with van der Waals surface area (Å²) in [7, 11) is 0. The molecular formula is C24H18N2O4. The van der Waals surface area contributed by atoms with E-state index in [1.807, 2.05) is 61.5 Å². The van der Waals surface area contributed by atoms with E-state index < -0.39 is 5.91 Å². The number of benzene rings is 3. The van der Waals surface area contributed by atoms with Gasteiger partial charge in [0.05, 0.1) is 12.7 Å². The molecule has 2 N–H and O–H groups in total. The summed E-state index contributed by atoms with van der Waals surface area (Å²) in [5, 5.41) is 3.86. The monoisotopic (exact) mass is 398 g/mol. The van der Waals surface area contributed by atoms with Gasteiger partial charge in [-0.2, -0.15) is 0 Å². The first-order valence-corrected chi connectivity index (χ1v) is 9.57. The van der Waals surface area contributed by atoms with E-state index in [1.54, 1.807) is 12.3 Å². The Kier molecular flexibility index (Phi) is 4.25. The first kappa shape index (κ1) is 18.0. The van der Waals surface area contributed by atoms with Crippen molar-refractivity contribution in [1.82, 2.24) is 10.9 Å². The van der Waals surface area contributed by atoms with E-state index in [0.717, 1.165) is 38.3 Å². The molecule has 3 aromatic carbocycles. The molecule has 0 atom stereocenters. The van der Waals surface area contributed by atoms with E-state index >= 15 is 0 Å². The third-order valence-electron chi connectivity index (χ3n) is 5.26. The van der Waals surface area contributed by atoms with Crippen LogP contribution in [0.15, 0.2) is 75.8 Å². The third-order valence-corrected chi connectivity index (χ3v) is 5.26. The number of aryl methyl sites for hydroxylation is 1. The zero-order chi connectivity index (χ0) is 20.7. The lowest BCUT2D eigenvalue weighted by molar-refractivity contribution is -0.121. The highest BCUT2D eigenvalue weighted by molar-refractivity contribution is 6.08. The predicted octanol–water partition coefficient (Wildman–Crippen LogP) is 4.64. The van der Waals surface area contributed by atoms with Crippen LogP contribution in [0.25, 0.3) is 32.7 Å². The fourth-order valence-corrected chi connectivity index (χ4v) is 3.80. The van der Waals surface area contributed by atoms with Gasteiger partial charge in [-0.15, -0.1) is 0 Å². The lowest BCUT2D eigenvalue weighted by Gasteiger charge is -2.06. The van der Waals surface area contributed by atoms with Gasteiger partial charge in [0.25, 0.3) is 0 Å². The topological polar surface area (TPSA) is 84.5 Å². The summed E-state index contributed by atoms with van der Waals surface area (Å²) in [6.07, 6.45) is 1.66. The van der Waals surface area contributed by atoms with Crippen molar-refractivity contribution in [1.29, 1.82) is 0 Å². The smallest absolute Gasteiger partial charge is 0.305 e. The quantitative estimate of drug-likeness (QED) is 0.434. The second-order valence-corrected chi connectivity index (χ2v) is 7.15. The summed E-state index contributed by atoms with van der Waals surface area (Å²) in [5.41, 5.74) is 7.73. The van der Waals surface area contributed by atoms with Crippen molar-refractivity contribution in [3.63, 3.8) is 0 Å². The van der Waals surface area contributed by atoms with Crippen LogP contribution < -0.4 is 10.9 Å². The van der Waals surface area contributed by atoms with Gasteiger partial charge in [-0.25, -0.2) is 0 Å². The Morgan fingerprint density at radius 3 is 2.47 bits per heavy atom. The van der Waals surface area contributed by atoms with Crippen molar-refractivity contribution in [2.45, 2.75) is 13.3 Å². The Balaban J connectivity index is 1.33. The van der Waals surface area contributed by atoms with Crippen molar-refractivity contribution in [2.75, 3.05) is 0 Å². The lowest BCUT2D eigenvalue weighted by atomic mass is 10.0. The van der Waals surface area contributed by atoms with Crippen molar-refractivity contribution in [3.05, 3.63) is 83.8 Å². The summed E-state index contributed by atoms with van der Waals surface area (Å²) < 4.78 is 11.2. The number of nitrogens with one attached hydrogen (secondary N) is 2. The molecule has 148 valence electrons. The van der Waals surface area contributed by atoms with Crippen molar-refractivity contribution in [2.24, 2.45) is 0 Å². The van der Waals surface area contributed by atoms with E-state index in [9.17, 15) is 9.59 Å². The van der Waals surface area contributed by atoms with Crippen LogP contribution in [-0.2, 0) is 11.2 Å². The fraction of sp³-hybridized carbons (Fsp3) is 0.0833. The Labute approximate surface area is 171 Å². The van der Waals surface area contributed by atoms with Gasteiger partial charge in [-0.3, -0.25) is 20.4 Å². The zero-order valence-electron chi connectivity index (χ0n) is 16.2. The molecule has 30 heavy (non-hydrogen) atoms. The maximum absolute atomic E-state index is 12.5. The number of para-hydroxylation sites is 1. The van der Waals surface area contributed by atoms with Gasteiger partial charge in [0.2, 0.25) is 5.91 Å². The van der Waals surface area contributed by atoms with Crippen LogP contribution in [0.5, 0.6) is 0 Å². The number of amides is 2. The standard InChI is InChI=1S/C24H18N2O4/c1-14-17-7-4-5-9-19(17)30-23(14)24(28)26-25-21(27)12-16-13-29-20-11-10-15-6-2-3-8-18(15)22(16)20/h2-11,13H,12H2,1H3,(H,25,27)(H,26,28). The summed E-state index contributed by atoms with van der Waals surface area (Å²) in [6.45, 7) is 1.81. The number of carbonyl (C=O) groups excluding carboxylic acids is 2. The van der Waals surface area contributed by atoms with Gasteiger partial charge in [0, 0.05) is 21.9 Å². The second kappa shape index (κ2) is 7.08. The molecule has 5 aromatic rings. The van der Waals surface area contributed by atoms with Crippen LogP contribution >= 0.6 is 0 Å². The molecule has 5 rings (SSSR count). The van der Waals surface area contributed by atoms with Crippen molar-refractivity contribution in [3.8, 4) is 0 Å².